The maximum atomic E-state index is 14.2. The van der Waals surface area contributed by atoms with Crippen LogP contribution >= 0.6 is 0 Å². The van der Waals surface area contributed by atoms with Crippen LogP contribution in [0.4, 0.5) is 17.6 Å². The van der Waals surface area contributed by atoms with Crippen LogP contribution in [-0.4, -0.2) is 34.8 Å². The minimum Gasteiger partial charge on any atom is -0.419 e. The normalized spacial score (nSPS) is 11.7. The molecule has 29 heavy (non-hydrogen) atoms. The maximum Gasteiger partial charge on any atom is 0.312 e. The van der Waals surface area contributed by atoms with Crippen molar-refractivity contribution in [3.63, 3.8) is 0 Å². The number of nitrogens with zero attached hydrogens (tertiary/aromatic N) is 3. The number of aliphatic imine (C=N–C) groups is 1. The highest BCUT2D eigenvalue weighted by molar-refractivity contribution is 6.02. The van der Waals surface area contributed by atoms with Crippen LogP contribution in [0.1, 0.15) is 11.1 Å². The molecule has 5 nitrogen and oxygen atoms in total. The summed E-state index contributed by atoms with van der Waals surface area (Å²) < 4.78 is 59.3. The van der Waals surface area contributed by atoms with Crippen molar-refractivity contribution in [1.82, 2.24) is 9.55 Å². The zero-order valence-electron chi connectivity index (χ0n) is 15.2. The van der Waals surface area contributed by atoms with Gasteiger partial charge in [-0.05, 0) is 35.9 Å². The minimum atomic E-state index is -3.12. The van der Waals surface area contributed by atoms with Crippen molar-refractivity contribution in [2.75, 3.05) is 7.05 Å². The highest BCUT2D eigenvalue weighted by Gasteiger charge is 2.18. The van der Waals surface area contributed by atoms with Crippen LogP contribution in [0.25, 0.3) is 11.4 Å². The van der Waals surface area contributed by atoms with Crippen LogP contribution in [0.5, 0.6) is 0 Å². The second-order valence-corrected chi connectivity index (χ2v) is 6.03. The number of alkyl halides is 2. The molecule has 0 amide bonds. The van der Waals surface area contributed by atoms with Gasteiger partial charge >= 0.3 is 6.43 Å². The predicted molar refractivity (Wildman–Crippen MR) is 100 cm³/mol. The first kappa shape index (κ1) is 20.2. The maximum absolute atomic E-state index is 14.2. The molecule has 9 heteroatoms. The Morgan fingerprint density at radius 1 is 1.17 bits per heavy atom. The molecule has 0 aliphatic heterocycles. The van der Waals surface area contributed by atoms with E-state index in [1.807, 2.05) is 0 Å². The third kappa shape index (κ3) is 4.87. The minimum absolute atomic E-state index is 0.0770. The van der Waals surface area contributed by atoms with E-state index in [0.29, 0.717) is 23.5 Å². The van der Waals surface area contributed by atoms with Gasteiger partial charge in [-0.25, -0.2) is 13.8 Å². The number of hydrogen-bond acceptors (Lipinski definition) is 4. The topological polar surface area (TPSA) is 63.3 Å². The Labute approximate surface area is 163 Å². The first-order valence-electron chi connectivity index (χ1n) is 8.45. The molecule has 0 spiro atoms. The predicted octanol–water partition coefficient (Wildman–Crippen LogP) is 4.51. The molecule has 0 saturated heterocycles. The Hall–Kier alpha value is -3.49. The van der Waals surface area contributed by atoms with Crippen molar-refractivity contribution in [2.45, 2.75) is 13.0 Å². The lowest BCUT2D eigenvalue weighted by Crippen LogP contribution is -2.19. The summed E-state index contributed by atoms with van der Waals surface area (Å²) in [6.45, 7) is 0.292. The summed E-state index contributed by atoms with van der Waals surface area (Å²) in [7, 11) is 1.28. The van der Waals surface area contributed by atoms with Gasteiger partial charge in [-0.1, -0.05) is 12.1 Å². The van der Waals surface area contributed by atoms with Gasteiger partial charge in [0.2, 0.25) is 5.90 Å². The molecule has 3 aromatic rings. The van der Waals surface area contributed by atoms with E-state index < -0.39 is 18.1 Å². The number of benzene rings is 2. The molecule has 1 N–H and O–H groups in total. The number of nitrogens with one attached hydrogen (secondary N) is 1. The number of ether oxygens (including phenoxy) is 1. The third-order valence-electron chi connectivity index (χ3n) is 3.97. The summed E-state index contributed by atoms with van der Waals surface area (Å²) in [4.78, 5) is 7.95. The van der Waals surface area contributed by atoms with E-state index in [1.165, 1.54) is 37.5 Å². The second kappa shape index (κ2) is 8.68. The van der Waals surface area contributed by atoms with Crippen molar-refractivity contribution in [1.29, 1.82) is 5.41 Å². The molecular weight excluding hydrogens is 388 g/mol. The molecule has 0 saturated carbocycles. The summed E-state index contributed by atoms with van der Waals surface area (Å²) in [6.07, 6.45) is 0.0459. The summed E-state index contributed by atoms with van der Waals surface area (Å²) in [6, 6.07) is 9.79. The van der Waals surface area contributed by atoms with Crippen LogP contribution < -0.4 is 0 Å². The molecule has 0 bridgehead atoms. The van der Waals surface area contributed by atoms with Crippen molar-refractivity contribution in [3.05, 3.63) is 77.6 Å². The molecule has 2 aromatic carbocycles. The molecule has 0 aliphatic rings. The molecule has 150 valence electrons. The summed E-state index contributed by atoms with van der Waals surface area (Å²) in [5.74, 6) is -2.26. The number of rotatable bonds is 5. The number of imidazole rings is 1. The first-order chi connectivity index (χ1) is 13.9. The van der Waals surface area contributed by atoms with E-state index in [0.717, 1.165) is 6.07 Å². The molecular formula is C20H16F4N4O. The quantitative estimate of drug-likeness (QED) is 0.386. The third-order valence-corrected chi connectivity index (χ3v) is 3.97. The van der Waals surface area contributed by atoms with Crippen LogP contribution in [0, 0.1) is 17.0 Å². The lowest BCUT2D eigenvalue weighted by Gasteiger charge is -2.12. The molecule has 0 unspecified atom stereocenters. The van der Waals surface area contributed by atoms with E-state index in [9.17, 15) is 17.6 Å². The van der Waals surface area contributed by atoms with Gasteiger partial charge in [0.15, 0.2) is 0 Å². The Balaban J connectivity index is 1.95. The standard InChI is InChI=1S/C20H16F4N4O/c1-26-20(29-18(25)17(23)24)14-8-13(9-16(22)10-14)19-27-5-6-28(19)11-12-3-2-4-15(21)7-12/h2-10,17,25H,11H2,1H3/b25-18?,26-20-. The SMILES string of the molecule is C/N=C(\OC(=N)C(F)F)c1cc(F)cc(-c2nccn2Cc2cccc(F)c2)c1. The molecule has 1 heterocycles. The highest BCUT2D eigenvalue weighted by atomic mass is 19.3. The van der Waals surface area contributed by atoms with Gasteiger partial charge in [0.25, 0.3) is 5.90 Å². The lowest BCUT2D eigenvalue weighted by atomic mass is 10.1. The average Bonchev–Trinajstić information content (AvgIpc) is 3.13. The molecule has 0 radical (unpaired) electrons. The van der Waals surface area contributed by atoms with E-state index >= 15 is 0 Å². The smallest absolute Gasteiger partial charge is 0.312 e. The van der Waals surface area contributed by atoms with Crippen molar-refractivity contribution in [3.8, 4) is 11.4 Å². The van der Waals surface area contributed by atoms with Gasteiger partial charge in [0, 0.05) is 37.1 Å². The van der Waals surface area contributed by atoms with Gasteiger partial charge in [0.1, 0.15) is 17.5 Å². The summed E-state index contributed by atoms with van der Waals surface area (Å²) >= 11 is 0. The van der Waals surface area contributed by atoms with Crippen LogP contribution in [-0.2, 0) is 11.3 Å². The van der Waals surface area contributed by atoms with E-state index in [-0.39, 0.29) is 17.3 Å². The fraction of sp³-hybridized carbons (Fsp3) is 0.150. The number of halogens is 4. The Morgan fingerprint density at radius 2 is 1.97 bits per heavy atom. The molecule has 0 fully saturated rings. The molecule has 0 atom stereocenters. The fourth-order valence-electron chi connectivity index (χ4n) is 2.75. The van der Waals surface area contributed by atoms with Gasteiger partial charge < -0.3 is 9.30 Å². The van der Waals surface area contributed by atoms with Gasteiger partial charge in [0.05, 0.1) is 0 Å². The Morgan fingerprint density at radius 3 is 2.66 bits per heavy atom. The fourth-order valence-corrected chi connectivity index (χ4v) is 2.75. The van der Waals surface area contributed by atoms with E-state index in [1.54, 1.807) is 22.9 Å². The van der Waals surface area contributed by atoms with Gasteiger partial charge in [-0.15, -0.1) is 0 Å². The van der Waals surface area contributed by atoms with Crippen molar-refractivity contribution in [2.24, 2.45) is 4.99 Å². The first-order valence-corrected chi connectivity index (χ1v) is 8.45. The second-order valence-electron chi connectivity index (χ2n) is 6.03. The lowest BCUT2D eigenvalue weighted by molar-refractivity contribution is 0.198. The monoisotopic (exact) mass is 404 g/mol. The van der Waals surface area contributed by atoms with Crippen molar-refractivity contribution < 1.29 is 22.3 Å². The Bertz CT molecular complexity index is 1060. The molecule has 0 aliphatic carbocycles. The van der Waals surface area contributed by atoms with Gasteiger partial charge in [-0.2, -0.15) is 8.78 Å². The number of hydrogen-bond donors (Lipinski definition) is 1. The molecule has 3 rings (SSSR count). The summed E-state index contributed by atoms with van der Waals surface area (Å²) in [5.41, 5.74) is 1.10. The highest BCUT2D eigenvalue weighted by Crippen LogP contribution is 2.23. The van der Waals surface area contributed by atoms with Gasteiger partial charge in [-0.3, -0.25) is 10.4 Å². The Kier molecular flexibility index (Phi) is 6.06. The zero-order valence-corrected chi connectivity index (χ0v) is 15.2. The van der Waals surface area contributed by atoms with Crippen LogP contribution in [0.3, 0.4) is 0 Å². The average molecular weight is 404 g/mol. The van der Waals surface area contributed by atoms with E-state index in [2.05, 4.69) is 9.98 Å². The number of aromatic nitrogens is 2. The molecule has 1 aromatic heterocycles. The van der Waals surface area contributed by atoms with Crippen LogP contribution in [0.2, 0.25) is 0 Å². The van der Waals surface area contributed by atoms with E-state index in [4.69, 9.17) is 10.1 Å². The van der Waals surface area contributed by atoms with Crippen molar-refractivity contribution >= 4 is 11.8 Å². The largest absolute Gasteiger partial charge is 0.419 e. The zero-order chi connectivity index (χ0) is 21.0. The summed E-state index contributed by atoms with van der Waals surface area (Å²) in [5, 5.41) is 7.16. The van der Waals surface area contributed by atoms with Crippen LogP contribution in [0.15, 0.2) is 59.9 Å².